The number of aryl methyl sites for hydroxylation is 1. The van der Waals surface area contributed by atoms with Gasteiger partial charge in [0.2, 0.25) is 0 Å². The molecule has 1 N–H and O–H groups in total. The van der Waals surface area contributed by atoms with Crippen molar-refractivity contribution in [2.75, 3.05) is 7.05 Å². The van der Waals surface area contributed by atoms with E-state index in [2.05, 4.69) is 10.2 Å². The second kappa shape index (κ2) is 5.38. The maximum atomic E-state index is 12.0. The fraction of sp³-hybridized carbons (Fsp3) is 0.455. The normalized spacial score (nSPS) is 11.9. The molecule has 1 atom stereocenters. The van der Waals surface area contributed by atoms with E-state index < -0.39 is 5.97 Å². The van der Waals surface area contributed by atoms with Crippen LogP contribution < -0.4 is 0 Å². The van der Waals surface area contributed by atoms with Crippen LogP contribution >= 0.6 is 0 Å². The number of carboxylic acids is 1. The Labute approximate surface area is 99.3 Å². The third-order valence-electron chi connectivity index (χ3n) is 2.46. The van der Waals surface area contributed by atoms with Gasteiger partial charge in [0, 0.05) is 13.1 Å². The highest BCUT2D eigenvalue weighted by molar-refractivity contribution is 5.92. The molecule has 1 amide bonds. The van der Waals surface area contributed by atoms with Crippen molar-refractivity contribution in [1.82, 2.24) is 15.1 Å². The number of carbonyl (C=O) groups is 2. The number of aliphatic carboxylic acids is 1. The molecule has 0 bridgehead atoms. The standard InChI is InChI=1S/C11H15N3O3/c1-7-4-9(13-12-6-7)11(17)14(3)8(2)5-10(15)16/h4,6,8H,5H2,1-3H3,(H,15,16). The minimum atomic E-state index is -0.938. The zero-order chi connectivity index (χ0) is 13.0. The molecule has 17 heavy (non-hydrogen) atoms. The van der Waals surface area contributed by atoms with Gasteiger partial charge in [-0.15, -0.1) is 5.10 Å². The Balaban J connectivity index is 2.79. The van der Waals surface area contributed by atoms with E-state index in [1.165, 1.54) is 4.90 Å². The monoisotopic (exact) mass is 237 g/mol. The molecule has 92 valence electrons. The lowest BCUT2D eigenvalue weighted by molar-refractivity contribution is -0.137. The number of hydrogen-bond acceptors (Lipinski definition) is 4. The number of aromatic nitrogens is 2. The Morgan fingerprint density at radius 2 is 2.18 bits per heavy atom. The molecule has 1 heterocycles. The fourth-order valence-electron chi connectivity index (χ4n) is 1.34. The van der Waals surface area contributed by atoms with Crippen LogP contribution in [0, 0.1) is 6.92 Å². The highest BCUT2D eigenvalue weighted by Gasteiger charge is 2.20. The molecule has 0 aliphatic rings. The molecule has 0 spiro atoms. The van der Waals surface area contributed by atoms with Gasteiger partial charge < -0.3 is 10.0 Å². The van der Waals surface area contributed by atoms with Gasteiger partial charge in [-0.3, -0.25) is 9.59 Å². The van der Waals surface area contributed by atoms with Gasteiger partial charge >= 0.3 is 5.97 Å². The van der Waals surface area contributed by atoms with Crippen LogP contribution in [0.4, 0.5) is 0 Å². The smallest absolute Gasteiger partial charge is 0.305 e. The topological polar surface area (TPSA) is 83.4 Å². The summed E-state index contributed by atoms with van der Waals surface area (Å²) in [6.07, 6.45) is 1.46. The summed E-state index contributed by atoms with van der Waals surface area (Å²) in [7, 11) is 1.56. The predicted molar refractivity (Wildman–Crippen MR) is 60.6 cm³/mol. The van der Waals surface area contributed by atoms with Crippen molar-refractivity contribution in [2.45, 2.75) is 26.3 Å². The van der Waals surface area contributed by atoms with Crippen LogP contribution in [0.3, 0.4) is 0 Å². The van der Waals surface area contributed by atoms with Crippen LogP contribution in [0.5, 0.6) is 0 Å². The first-order valence-corrected chi connectivity index (χ1v) is 5.20. The van der Waals surface area contributed by atoms with Crippen molar-refractivity contribution in [3.8, 4) is 0 Å². The number of carboxylic acid groups (broad SMARTS) is 1. The van der Waals surface area contributed by atoms with Gasteiger partial charge in [-0.2, -0.15) is 5.10 Å². The maximum absolute atomic E-state index is 12.0. The summed E-state index contributed by atoms with van der Waals surface area (Å²) in [5.74, 6) is -1.26. The molecule has 0 saturated heterocycles. The molecular weight excluding hydrogens is 222 g/mol. The van der Waals surface area contributed by atoms with Crippen molar-refractivity contribution in [1.29, 1.82) is 0 Å². The Morgan fingerprint density at radius 1 is 1.53 bits per heavy atom. The van der Waals surface area contributed by atoms with E-state index in [0.29, 0.717) is 0 Å². The third kappa shape index (κ3) is 3.51. The number of carbonyl (C=O) groups excluding carboxylic acids is 1. The average molecular weight is 237 g/mol. The summed E-state index contributed by atoms with van der Waals surface area (Å²) in [6.45, 7) is 3.49. The van der Waals surface area contributed by atoms with Crippen molar-refractivity contribution in [3.63, 3.8) is 0 Å². The maximum Gasteiger partial charge on any atom is 0.305 e. The summed E-state index contributed by atoms with van der Waals surface area (Å²) >= 11 is 0. The SMILES string of the molecule is Cc1cnnc(C(=O)N(C)C(C)CC(=O)O)c1. The molecule has 6 nitrogen and oxygen atoms in total. The number of amides is 1. The Hall–Kier alpha value is -1.98. The second-order valence-electron chi connectivity index (χ2n) is 3.98. The molecule has 1 aromatic rings. The summed E-state index contributed by atoms with van der Waals surface area (Å²) in [6, 6.07) is 1.24. The van der Waals surface area contributed by atoms with Crippen molar-refractivity contribution in [2.24, 2.45) is 0 Å². The molecule has 1 aromatic heterocycles. The van der Waals surface area contributed by atoms with Gasteiger partial charge in [-0.25, -0.2) is 0 Å². The van der Waals surface area contributed by atoms with Crippen molar-refractivity contribution >= 4 is 11.9 Å². The average Bonchev–Trinajstić information content (AvgIpc) is 2.26. The van der Waals surface area contributed by atoms with Gasteiger partial charge in [0.05, 0.1) is 12.6 Å². The van der Waals surface area contributed by atoms with Crippen LogP contribution in [-0.2, 0) is 4.79 Å². The minimum absolute atomic E-state index is 0.0957. The highest BCUT2D eigenvalue weighted by Crippen LogP contribution is 2.07. The first-order valence-electron chi connectivity index (χ1n) is 5.20. The van der Waals surface area contributed by atoms with Gasteiger partial charge in [0.25, 0.3) is 5.91 Å². The Morgan fingerprint density at radius 3 is 2.71 bits per heavy atom. The van der Waals surface area contributed by atoms with E-state index in [9.17, 15) is 9.59 Å². The third-order valence-corrected chi connectivity index (χ3v) is 2.46. The second-order valence-corrected chi connectivity index (χ2v) is 3.98. The van der Waals surface area contributed by atoms with Crippen molar-refractivity contribution in [3.05, 3.63) is 23.5 Å². The molecule has 1 rings (SSSR count). The molecule has 0 aliphatic heterocycles. The summed E-state index contributed by atoms with van der Waals surface area (Å²) < 4.78 is 0. The van der Waals surface area contributed by atoms with E-state index in [4.69, 9.17) is 5.11 Å². The van der Waals surface area contributed by atoms with E-state index in [1.807, 2.05) is 6.92 Å². The molecule has 1 unspecified atom stereocenters. The van der Waals surface area contributed by atoms with Gasteiger partial charge in [0.1, 0.15) is 0 Å². The first kappa shape index (κ1) is 13.1. The van der Waals surface area contributed by atoms with Gasteiger partial charge in [-0.1, -0.05) is 0 Å². The van der Waals surface area contributed by atoms with Crippen LogP contribution in [0.15, 0.2) is 12.3 Å². The van der Waals surface area contributed by atoms with Crippen LogP contribution in [0.25, 0.3) is 0 Å². The van der Waals surface area contributed by atoms with Gasteiger partial charge in [0.15, 0.2) is 5.69 Å². The lowest BCUT2D eigenvalue weighted by atomic mass is 10.2. The molecule has 0 aliphatic carbocycles. The Bertz CT molecular complexity index is 434. The largest absolute Gasteiger partial charge is 0.481 e. The molecule has 6 heteroatoms. The highest BCUT2D eigenvalue weighted by atomic mass is 16.4. The van der Waals surface area contributed by atoms with E-state index in [-0.39, 0.29) is 24.1 Å². The zero-order valence-corrected chi connectivity index (χ0v) is 10.0. The lowest BCUT2D eigenvalue weighted by Crippen LogP contribution is -2.37. The summed E-state index contributed by atoms with van der Waals surface area (Å²) in [4.78, 5) is 23.9. The molecule has 0 radical (unpaired) electrons. The number of nitrogens with zero attached hydrogens (tertiary/aromatic N) is 3. The van der Waals surface area contributed by atoms with E-state index in [1.54, 1.807) is 26.2 Å². The first-order chi connectivity index (χ1) is 7.91. The molecule has 0 aromatic carbocycles. The lowest BCUT2D eigenvalue weighted by Gasteiger charge is -2.23. The van der Waals surface area contributed by atoms with Gasteiger partial charge in [-0.05, 0) is 25.5 Å². The number of hydrogen-bond donors (Lipinski definition) is 1. The summed E-state index contributed by atoms with van der Waals surface area (Å²) in [5.41, 5.74) is 1.06. The minimum Gasteiger partial charge on any atom is -0.481 e. The Kier molecular flexibility index (Phi) is 4.14. The zero-order valence-electron chi connectivity index (χ0n) is 10.0. The van der Waals surface area contributed by atoms with Crippen LogP contribution in [0.1, 0.15) is 29.4 Å². The fourth-order valence-corrected chi connectivity index (χ4v) is 1.34. The van der Waals surface area contributed by atoms with Crippen molar-refractivity contribution < 1.29 is 14.7 Å². The number of rotatable bonds is 4. The predicted octanol–water partition coefficient (Wildman–Crippen LogP) is 0.720. The van der Waals surface area contributed by atoms with E-state index >= 15 is 0 Å². The molecular formula is C11H15N3O3. The quantitative estimate of drug-likeness (QED) is 0.834. The van der Waals surface area contributed by atoms with E-state index in [0.717, 1.165) is 5.56 Å². The molecule has 0 fully saturated rings. The molecule has 0 saturated carbocycles. The van der Waals surface area contributed by atoms with Crippen LogP contribution in [-0.4, -0.2) is 45.2 Å². The summed E-state index contributed by atoms with van der Waals surface area (Å²) in [5, 5.41) is 16.1. The van der Waals surface area contributed by atoms with Crippen LogP contribution in [0.2, 0.25) is 0 Å².